The van der Waals surface area contributed by atoms with Gasteiger partial charge in [0.2, 0.25) is 5.75 Å². The maximum atomic E-state index is 13.2. The molecule has 0 aliphatic carbocycles. The highest BCUT2D eigenvalue weighted by molar-refractivity contribution is 6.14. The lowest BCUT2D eigenvalue weighted by Gasteiger charge is -2.28. The van der Waals surface area contributed by atoms with Crippen LogP contribution in [0.15, 0.2) is 52.4 Å². The fourth-order valence-electron chi connectivity index (χ4n) is 3.68. The van der Waals surface area contributed by atoms with Gasteiger partial charge in [-0.05, 0) is 56.1 Å². The molecule has 0 spiro atoms. The number of aliphatic hydroxyl groups is 1. The van der Waals surface area contributed by atoms with Crippen molar-refractivity contribution in [3.8, 4) is 17.2 Å². The molecule has 3 rings (SSSR count). The molecule has 33 heavy (non-hydrogen) atoms. The van der Waals surface area contributed by atoms with E-state index in [0.29, 0.717) is 35.1 Å². The van der Waals surface area contributed by atoms with E-state index in [-0.39, 0.29) is 12.1 Å². The summed E-state index contributed by atoms with van der Waals surface area (Å²) in [5, 5.41) is 10.7. The van der Waals surface area contributed by atoms with Crippen LogP contribution in [0.4, 0.5) is 0 Å². The van der Waals surface area contributed by atoms with Crippen LogP contribution in [0.2, 0.25) is 0 Å². The number of aliphatic hydroxyl groups excluding tert-OH is 1. The normalized spacial score (nSPS) is 16.2. The van der Waals surface area contributed by atoms with E-state index in [9.17, 15) is 14.7 Å². The maximum absolute atomic E-state index is 13.2. The lowest BCUT2D eigenvalue weighted by molar-refractivity contribution is -0.129. The van der Waals surface area contributed by atoms with Gasteiger partial charge in [0, 0.05) is 13.1 Å². The minimum Gasteiger partial charge on any atom is -0.503 e. The number of methoxy groups -OCH3 is 3. The van der Waals surface area contributed by atoms with Crippen molar-refractivity contribution in [2.24, 2.45) is 0 Å². The average molecular weight is 456 g/mol. The van der Waals surface area contributed by atoms with Gasteiger partial charge in [-0.15, -0.1) is 0 Å². The number of benzene rings is 1. The van der Waals surface area contributed by atoms with Crippen LogP contribution in [0.5, 0.6) is 17.2 Å². The van der Waals surface area contributed by atoms with Crippen LogP contribution in [0.25, 0.3) is 6.08 Å². The van der Waals surface area contributed by atoms with Gasteiger partial charge in [-0.25, -0.2) is 0 Å². The zero-order valence-corrected chi connectivity index (χ0v) is 19.3. The van der Waals surface area contributed by atoms with Crippen LogP contribution in [0, 0.1) is 0 Å². The fourth-order valence-corrected chi connectivity index (χ4v) is 3.68. The summed E-state index contributed by atoms with van der Waals surface area (Å²) in [4.78, 5) is 29.5. The summed E-state index contributed by atoms with van der Waals surface area (Å²) in [7, 11) is 8.20. The molecule has 9 nitrogen and oxygen atoms in total. The van der Waals surface area contributed by atoms with Crippen molar-refractivity contribution in [1.29, 1.82) is 0 Å². The standard InChI is InChI=1S/C24H28N2O7/c1-25(2)10-11-26-21(15-13-18(30-3)23(32-5)19(14-15)31-4)20(22(28)24(26)29)17(27)9-8-16-7-6-12-33-16/h6-9,12-14,21,28H,10-11H2,1-5H3/b9-8+. The van der Waals surface area contributed by atoms with Gasteiger partial charge < -0.3 is 33.5 Å². The molecule has 2 heterocycles. The summed E-state index contributed by atoms with van der Waals surface area (Å²) >= 11 is 0. The molecule has 2 aromatic rings. The zero-order valence-electron chi connectivity index (χ0n) is 19.3. The second-order valence-corrected chi connectivity index (χ2v) is 7.64. The van der Waals surface area contributed by atoms with E-state index in [4.69, 9.17) is 18.6 Å². The molecular weight excluding hydrogens is 428 g/mol. The average Bonchev–Trinajstić information content (AvgIpc) is 3.41. The maximum Gasteiger partial charge on any atom is 0.290 e. The first kappa shape index (κ1) is 23.9. The molecule has 0 saturated carbocycles. The number of nitrogens with zero attached hydrogens (tertiary/aromatic N) is 2. The van der Waals surface area contributed by atoms with Crippen LogP contribution in [-0.2, 0) is 9.59 Å². The summed E-state index contributed by atoms with van der Waals surface area (Å²) in [6.07, 6.45) is 4.25. The highest BCUT2D eigenvalue weighted by Gasteiger charge is 2.43. The van der Waals surface area contributed by atoms with Crippen LogP contribution in [0.3, 0.4) is 0 Å². The van der Waals surface area contributed by atoms with Gasteiger partial charge in [-0.2, -0.15) is 0 Å². The minimum absolute atomic E-state index is 0.0316. The van der Waals surface area contributed by atoms with E-state index >= 15 is 0 Å². The number of ether oxygens (including phenoxy) is 3. The number of hydrogen-bond acceptors (Lipinski definition) is 8. The molecule has 1 aliphatic rings. The lowest BCUT2D eigenvalue weighted by Crippen LogP contribution is -2.36. The fraction of sp³-hybridized carbons (Fsp3) is 0.333. The number of hydrogen-bond donors (Lipinski definition) is 1. The first-order chi connectivity index (χ1) is 15.8. The Morgan fingerprint density at radius 3 is 2.36 bits per heavy atom. The molecule has 176 valence electrons. The van der Waals surface area contributed by atoms with Crippen molar-refractivity contribution in [2.75, 3.05) is 48.5 Å². The Bertz CT molecular complexity index is 1050. The van der Waals surface area contributed by atoms with Gasteiger partial charge in [0.15, 0.2) is 23.0 Å². The minimum atomic E-state index is -0.847. The summed E-state index contributed by atoms with van der Waals surface area (Å²) < 4.78 is 21.5. The van der Waals surface area contributed by atoms with Crippen molar-refractivity contribution >= 4 is 17.8 Å². The first-order valence-corrected chi connectivity index (χ1v) is 10.3. The topological polar surface area (TPSA) is 102 Å². The molecule has 1 aromatic heterocycles. The Morgan fingerprint density at radius 1 is 1.18 bits per heavy atom. The third-order valence-corrected chi connectivity index (χ3v) is 5.30. The highest BCUT2D eigenvalue weighted by Crippen LogP contribution is 2.45. The van der Waals surface area contributed by atoms with Crippen molar-refractivity contribution in [3.63, 3.8) is 0 Å². The molecule has 9 heteroatoms. The molecular formula is C24H28N2O7. The van der Waals surface area contributed by atoms with Gasteiger partial charge in [-0.1, -0.05) is 0 Å². The van der Waals surface area contributed by atoms with Gasteiger partial charge in [0.05, 0.1) is 39.2 Å². The van der Waals surface area contributed by atoms with Gasteiger partial charge in [-0.3, -0.25) is 9.59 Å². The Hall–Kier alpha value is -3.72. The number of likely N-dealkylation sites (N-methyl/N-ethyl adjacent to an activating group) is 1. The molecule has 1 N–H and O–H groups in total. The Morgan fingerprint density at radius 2 is 1.85 bits per heavy atom. The molecule has 0 saturated heterocycles. The molecule has 0 fully saturated rings. The van der Waals surface area contributed by atoms with Gasteiger partial charge in [0.25, 0.3) is 5.91 Å². The van der Waals surface area contributed by atoms with E-state index in [1.807, 2.05) is 19.0 Å². The summed E-state index contributed by atoms with van der Waals surface area (Å²) in [6, 6.07) is 5.88. The van der Waals surface area contributed by atoms with E-state index in [2.05, 4.69) is 0 Å². The van der Waals surface area contributed by atoms with Crippen LogP contribution < -0.4 is 14.2 Å². The van der Waals surface area contributed by atoms with E-state index in [1.165, 1.54) is 44.6 Å². The van der Waals surface area contributed by atoms with Crippen LogP contribution in [-0.4, -0.2) is 75.1 Å². The zero-order chi connectivity index (χ0) is 24.1. The number of rotatable bonds is 10. The van der Waals surface area contributed by atoms with Crippen molar-refractivity contribution < 1.29 is 33.3 Å². The van der Waals surface area contributed by atoms with Crippen molar-refractivity contribution in [2.45, 2.75) is 6.04 Å². The molecule has 0 bridgehead atoms. The summed E-state index contributed by atoms with van der Waals surface area (Å²) in [6.45, 7) is 0.819. The number of carbonyl (C=O) groups excluding carboxylic acids is 2. The largest absolute Gasteiger partial charge is 0.503 e. The number of allylic oxidation sites excluding steroid dienone is 1. The number of amides is 1. The molecule has 0 radical (unpaired) electrons. The predicted molar refractivity (Wildman–Crippen MR) is 122 cm³/mol. The summed E-state index contributed by atoms with van der Waals surface area (Å²) in [5.41, 5.74) is 0.506. The molecule has 1 atom stereocenters. The Balaban J connectivity index is 2.11. The quantitative estimate of drug-likeness (QED) is 0.545. The third kappa shape index (κ3) is 4.88. The molecule has 1 amide bonds. The Labute approximate surface area is 192 Å². The second-order valence-electron chi connectivity index (χ2n) is 7.64. The number of carbonyl (C=O) groups is 2. The number of ketones is 1. The molecule has 1 aliphatic heterocycles. The SMILES string of the molecule is COc1cc(C2C(C(=O)/C=C/c3ccco3)=C(O)C(=O)N2CCN(C)C)cc(OC)c1OC. The predicted octanol–water partition coefficient (Wildman–Crippen LogP) is 2.84. The van der Waals surface area contributed by atoms with E-state index < -0.39 is 23.5 Å². The lowest BCUT2D eigenvalue weighted by atomic mass is 9.95. The molecule has 1 unspecified atom stereocenters. The summed E-state index contributed by atoms with van der Waals surface area (Å²) in [5.74, 6) is -0.115. The first-order valence-electron chi connectivity index (χ1n) is 10.3. The van der Waals surface area contributed by atoms with E-state index in [0.717, 1.165) is 0 Å². The smallest absolute Gasteiger partial charge is 0.290 e. The van der Waals surface area contributed by atoms with Crippen LogP contribution in [0.1, 0.15) is 17.4 Å². The number of furan rings is 1. The van der Waals surface area contributed by atoms with E-state index in [1.54, 1.807) is 24.3 Å². The Kier molecular flexibility index (Phi) is 7.44. The van der Waals surface area contributed by atoms with Crippen molar-refractivity contribution in [1.82, 2.24) is 9.80 Å². The third-order valence-electron chi connectivity index (χ3n) is 5.30. The van der Waals surface area contributed by atoms with Crippen LogP contribution >= 0.6 is 0 Å². The highest BCUT2D eigenvalue weighted by atomic mass is 16.5. The monoisotopic (exact) mass is 456 g/mol. The molecule has 1 aromatic carbocycles. The van der Waals surface area contributed by atoms with Gasteiger partial charge in [0.1, 0.15) is 5.76 Å². The van der Waals surface area contributed by atoms with Crippen molar-refractivity contribution in [3.05, 3.63) is 59.3 Å². The second kappa shape index (κ2) is 10.3. The van der Waals surface area contributed by atoms with Gasteiger partial charge >= 0.3 is 0 Å².